The van der Waals surface area contributed by atoms with Gasteiger partial charge in [0.1, 0.15) is 18.2 Å². The molecule has 11 heteroatoms. The van der Waals surface area contributed by atoms with Crippen LogP contribution in [-0.4, -0.2) is 59.2 Å². The van der Waals surface area contributed by atoms with Crippen LogP contribution < -0.4 is 26.0 Å². The Morgan fingerprint density at radius 1 is 1.30 bits per heavy atom. The lowest BCUT2D eigenvalue weighted by Gasteiger charge is -2.43. The lowest BCUT2D eigenvalue weighted by molar-refractivity contribution is 0.100. The number of hydrogen-bond donors (Lipinski definition) is 3. The molecule has 11 nitrogen and oxygen atoms in total. The largest absolute Gasteiger partial charge is 0.489 e. The molecule has 1 amide bonds. The monoisotopic (exact) mass is 410 g/mol. The first kappa shape index (κ1) is 18.4. The van der Waals surface area contributed by atoms with Gasteiger partial charge in [0, 0.05) is 30.5 Å². The third-order valence-electron chi connectivity index (χ3n) is 5.51. The number of anilines is 4. The van der Waals surface area contributed by atoms with Gasteiger partial charge in [0.05, 0.1) is 35.7 Å². The first-order chi connectivity index (χ1) is 14.6. The first-order valence-corrected chi connectivity index (χ1v) is 9.93. The number of nitrogens with one attached hydrogen (secondary N) is 2. The normalized spacial score (nSPS) is 19.9. The first-order valence-electron chi connectivity index (χ1n) is 9.93. The highest BCUT2D eigenvalue weighted by molar-refractivity contribution is 5.97. The second kappa shape index (κ2) is 7.32. The summed E-state index contributed by atoms with van der Waals surface area (Å²) in [5.41, 5.74) is 7.47. The molecule has 3 heterocycles. The number of rotatable bonds is 6. The number of piperazine rings is 1. The Balaban J connectivity index is 1.35. The van der Waals surface area contributed by atoms with E-state index < -0.39 is 5.91 Å². The van der Waals surface area contributed by atoms with Gasteiger partial charge < -0.3 is 26.0 Å². The van der Waals surface area contributed by atoms with Crippen molar-refractivity contribution in [1.82, 2.24) is 15.0 Å². The van der Waals surface area contributed by atoms with Gasteiger partial charge in [0.15, 0.2) is 0 Å². The van der Waals surface area contributed by atoms with E-state index in [-0.39, 0.29) is 11.6 Å². The number of benzene rings is 1. The Bertz CT molecular complexity index is 996. The summed E-state index contributed by atoms with van der Waals surface area (Å²) >= 11 is 0. The molecule has 1 saturated heterocycles. The number of ether oxygens (including phenoxy) is 1. The molecule has 5 rings (SSSR count). The molecule has 3 aliphatic rings. The molecule has 1 aliphatic carbocycles. The molecule has 1 atom stereocenters. The van der Waals surface area contributed by atoms with Crippen LogP contribution in [0, 0.1) is 4.91 Å². The zero-order valence-corrected chi connectivity index (χ0v) is 16.2. The van der Waals surface area contributed by atoms with Gasteiger partial charge >= 0.3 is 0 Å². The second-order valence-electron chi connectivity index (χ2n) is 7.70. The number of carbonyl (C=O) groups excluding carboxylic acids is 1. The number of nitroso groups, excluding NO2 is 1. The highest BCUT2D eigenvalue weighted by Crippen LogP contribution is 2.38. The fraction of sp³-hybridized carbons (Fsp3) is 0.421. The quantitative estimate of drug-likeness (QED) is 0.604. The average molecular weight is 410 g/mol. The molecule has 1 aromatic carbocycles. The van der Waals surface area contributed by atoms with E-state index in [1.165, 1.54) is 11.2 Å². The molecule has 156 valence electrons. The topological polar surface area (TPSA) is 138 Å². The summed E-state index contributed by atoms with van der Waals surface area (Å²) in [5.74, 6) is 1.00. The number of fused-ring (bicyclic) bond motifs is 3. The molecule has 1 aromatic heterocycles. The van der Waals surface area contributed by atoms with E-state index >= 15 is 0 Å². The highest BCUT2D eigenvalue weighted by Gasteiger charge is 2.33. The molecule has 0 unspecified atom stereocenters. The van der Waals surface area contributed by atoms with Crippen molar-refractivity contribution in [2.24, 2.45) is 11.0 Å². The van der Waals surface area contributed by atoms with Crippen LogP contribution >= 0.6 is 0 Å². The summed E-state index contributed by atoms with van der Waals surface area (Å²) < 4.78 is 5.93. The maximum Gasteiger partial charge on any atom is 0.254 e. The minimum atomic E-state index is -0.564. The van der Waals surface area contributed by atoms with E-state index in [0.717, 1.165) is 30.0 Å². The summed E-state index contributed by atoms with van der Waals surface area (Å²) in [6.45, 7) is 2.35. The van der Waals surface area contributed by atoms with E-state index in [0.29, 0.717) is 44.0 Å². The van der Waals surface area contributed by atoms with Crippen molar-refractivity contribution in [3.05, 3.63) is 34.9 Å². The van der Waals surface area contributed by atoms with E-state index in [4.69, 9.17) is 10.5 Å². The van der Waals surface area contributed by atoms with Crippen LogP contribution in [0.25, 0.3) is 0 Å². The van der Waals surface area contributed by atoms with Gasteiger partial charge in [-0.3, -0.25) is 9.80 Å². The SMILES string of the molecule is NC(=O)c1cnc(Nc2ccc3c(c2)OC[C@H]2CN(N=O)CCN32)nc1NC1CC1. The van der Waals surface area contributed by atoms with Crippen molar-refractivity contribution in [3.8, 4) is 5.75 Å². The van der Waals surface area contributed by atoms with Crippen molar-refractivity contribution in [2.75, 3.05) is 41.8 Å². The van der Waals surface area contributed by atoms with Crippen LogP contribution in [0.5, 0.6) is 5.75 Å². The molecule has 4 N–H and O–H groups in total. The molecule has 0 spiro atoms. The van der Waals surface area contributed by atoms with Crippen LogP contribution in [0.3, 0.4) is 0 Å². The Morgan fingerprint density at radius 2 is 2.17 bits per heavy atom. The standard InChI is InChI=1S/C19H22N8O3/c20-17(28)14-8-21-19(24-18(14)22-11-1-2-11)23-12-3-4-15-16(7-12)30-10-13-9-26(25-29)5-6-27(13)15/h3-4,7-8,11,13H,1-2,5-6,9-10H2,(H2,20,28)(H2,21,22,23,24)/t13-/m1/s1. The lowest BCUT2D eigenvalue weighted by Crippen LogP contribution is -2.55. The third kappa shape index (κ3) is 3.53. The number of aromatic nitrogens is 2. The average Bonchev–Trinajstić information content (AvgIpc) is 3.57. The maximum absolute atomic E-state index is 11.6. The van der Waals surface area contributed by atoms with E-state index in [2.05, 4.69) is 30.8 Å². The minimum absolute atomic E-state index is 0.100. The van der Waals surface area contributed by atoms with Crippen molar-refractivity contribution >= 4 is 29.0 Å². The zero-order chi connectivity index (χ0) is 20.7. The number of hydrogen-bond acceptors (Lipinski definition) is 9. The molecule has 2 aliphatic heterocycles. The molecule has 30 heavy (non-hydrogen) atoms. The number of nitrogens with zero attached hydrogens (tertiary/aromatic N) is 5. The summed E-state index contributed by atoms with van der Waals surface area (Å²) in [4.78, 5) is 33.4. The summed E-state index contributed by atoms with van der Waals surface area (Å²) in [6, 6.07) is 6.23. The Hall–Kier alpha value is -3.63. The van der Waals surface area contributed by atoms with Crippen molar-refractivity contribution in [1.29, 1.82) is 0 Å². The zero-order valence-electron chi connectivity index (χ0n) is 16.2. The number of carbonyl (C=O) groups is 1. The van der Waals surface area contributed by atoms with Gasteiger partial charge in [-0.2, -0.15) is 4.98 Å². The molecule has 1 saturated carbocycles. The van der Waals surface area contributed by atoms with Crippen LogP contribution in [0.4, 0.5) is 23.1 Å². The van der Waals surface area contributed by atoms with Crippen LogP contribution in [-0.2, 0) is 0 Å². The van der Waals surface area contributed by atoms with Crippen molar-refractivity contribution < 1.29 is 9.53 Å². The Kier molecular flexibility index (Phi) is 4.49. The predicted molar refractivity (Wildman–Crippen MR) is 111 cm³/mol. The van der Waals surface area contributed by atoms with Crippen molar-refractivity contribution in [3.63, 3.8) is 0 Å². The lowest BCUT2D eigenvalue weighted by atomic mass is 10.1. The van der Waals surface area contributed by atoms with Gasteiger partial charge in [0.2, 0.25) is 5.95 Å². The van der Waals surface area contributed by atoms with Crippen LogP contribution in [0.2, 0.25) is 0 Å². The number of primary amides is 1. The second-order valence-corrected chi connectivity index (χ2v) is 7.70. The summed E-state index contributed by atoms with van der Waals surface area (Å²) in [7, 11) is 0. The molecule has 2 aromatic rings. The maximum atomic E-state index is 11.6. The van der Waals surface area contributed by atoms with Gasteiger partial charge in [0.25, 0.3) is 5.91 Å². The number of amides is 1. The van der Waals surface area contributed by atoms with Crippen LogP contribution in [0.1, 0.15) is 23.2 Å². The van der Waals surface area contributed by atoms with Gasteiger partial charge in [-0.15, -0.1) is 4.91 Å². The summed E-state index contributed by atoms with van der Waals surface area (Å²) in [5, 5.41) is 11.0. The molecule has 0 bridgehead atoms. The number of nitrogens with two attached hydrogens (primary N) is 1. The van der Waals surface area contributed by atoms with Gasteiger partial charge in [-0.05, 0) is 25.0 Å². The predicted octanol–water partition coefficient (Wildman–Crippen LogP) is 1.46. The van der Waals surface area contributed by atoms with Crippen molar-refractivity contribution in [2.45, 2.75) is 24.9 Å². The summed E-state index contributed by atoms with van der Waals surface area (Å²) in [6.07, 6.45) is 3.53. The molecular weight excluding hydrogens is 388 g/mol. The third-order valence-corrected chi connectivity index (χ3v) is 5.51. The van der Waals surface area contributed by atoms with Crippen LogP contribution in [0.15, 0.2) is 29.7 Å². The van der Waals surface area contributed by atoms with E-state index in [9.17, 15) is 9.70 Å². The smallest absolute Gasteiger partial charge is 0.254 e. The highest BCUT2D eigenvalue weighted by atomic mass is 16.5. The van der Waals surface area contributed by atoms with Gasteiger partial charge in [-0.1, -0.05) is 0 Å². The minimum Gasteiger partial charge on any atom is -0.489 e. The molecule has 0 radical (unpaired) electrons. The Morgan fingerprint density at radius 3 is 2.93 bits per heavy atom. The van der Waals surface area contributed by atoms with Gasteiger partial charge in [-0.25, -0.2) is 4.98 Å². The van der Waals surface area contributed by atoms with E-state index in [1.54, 1.807) is 0 Å². The fourth-order valence-electron chi connectivity index (χ4n) is 3.79. The Labute approximate surface area is 172 Å². The fourth-order valence-corrected chi connectivity index (χ4v) is 3.79. The van der Waals surface area contributed by atoms with E-state index in [1.807, 2.05) is 18.2 Å². The molecular formula is C19H22N8O3. The molecule has 2 fully saturated rings.